The van der Waals surface area contributed by atoms with Gasteiger partial charge in [-0.05, 0) is 36.6 Å². The number of pyridine rings is 1. The van der Waals surface area contributed by atoms with Crippen LogP contribution < -0.4 is 5.32 Å². The average molecular weight is 485 g/mol. The zero-order valence-electron chi connectivity index (χ0n) is 15.7. The average Bonchev–Trinajstić information content (AvgIpc) is 3.53. The molecule has 3 nitrogen and oxygen atoms in total. The lowest BCUT2D eigenvalue weighted by atomic mass is 9.85. The number of rotatable bonds is 6. The van der Waals surface area contributed by atoms with Crippen LogP contribution in [0.25, 0.3) is 0 Å². The fourth-order valence-electron chi connectivity index (χ4n) is 3.30. The molecule has 1 aliphatic rings. The minimum atomic E-state index is -4.74. The van der Waals surface area contributed by atoms with Gasteiger partial charge in [0.25, 0.3) is 5.91 Å². The molecule has 2 aromatic rings. The maximum absolute atomic E-state index is 13.7. The number of hydrogen-bond acceptors (Lipinski definition) is 2. The number of nitrogens with zero attached hydrogens (tertiary/aromatic N) is 1. The minimum Gasteiger partial charge on any atom is -0.350 e. The van der Waals surface area contributed by atoms with Crippen LogP contribution in [0.2, 0.25) is 0 Å². The Bertz CT molecular complexity index is 929. The van der Waals surface area contributed by atoms with Crippen molar-refractivity contribution >= 4 is 29.1 Å². The molecule has 31 heavy (non-hydrogen) atoms. The molecular weight excluding hydrogens is 469 g/mol. The van der Waals surface area contributed by atoms with Crippen molar-refractivity contribution in [2.75, 3.05) is 6.54 Å². The molecule has 1 fully saturated rings. The largest absolute Gasteiger partial charge is 0.433 e. The maximum atomic E-state index is 13.7. The van der Waals surface area contributed by atoms with Gasteiger partial charge in [-0.3, -0.25) is 9.78 Å². The highest BCUT2D eigenvalue weighted by Gasteiger charge is 2.70. The number of nitrogens with one attached hydrogen (secondary N) is 1. The van der Waals surface area contributed by atoms with Crippen molar-refractivity contribution in [2.45, 2.75) is 35.4 Å². The highest BCUT2D eigenvalue weighted by Crippen LogP contribution is 2.65. The van der Waals surface area contributed by atoms with Gasteiger partial charge in [0.1, 0.15) is 10.6 Å². The molecule has 0 spiro atoms. The number of aromatic nitrogens is 1. The van der Waals surface area contributed by atoms with Gasteiger partial charge in [-0.1, -0.05) is 24.3 Å². The lowest BCUT2D eigenvalue weighted by molar-refractivity contribution is -0.189. The molecule has 0 aliphatic heterocycles. The van der Waals surface area contributed by atoms with E-state index in [0.717, 1.165) is 12.3 Å². The summed E-state index contributed by atoms with van der Waals surface area (Å²) in [5, 5.41) is 0.675. The van der Waals surface area contributed by atoms with Crippen LogP contribution in [0.4, 0.5) is 26.3 Å². The van der Waals surface area contributed by atoms with Crippen LogP contribution in [0.15, 0.2) is 48.7 Å². The molecule has 1 N–H and O–H groups in total. The molecule has 0 radical (unpaired) electrons. The molecule has 0 bridgehead atoms. The third-order valence-corrected chi connectivity index (χ3v) is 6.79. The SMILES string of the molecule is O=C(NCC(Cl)(c1ccc(C(F)(F)F)nc1)C(Cl)C1(C(F)(F)F)CC1)c1ccccc1. The van der Waals surface area contributed by atoms with E-state index in [1.54, 1.807) is 18.2 Å². The number of carbonyl (C=O) groups is 1. The van der Waals surface area contributed by atoms with Crippen molar-refractivity contribution in [3.05, 3.63) is 65.5 Å². The zero-order valence-corrected chi connectivity index (χ0v) is 17.2. The predicted molar refractivity (Wildman–Crippen MR) is 103 cm³/mol. The predicted octanol–water partition coefficient (Wildman–Crippen LogP) is 5.91. The molecular formula is C20H16Cl2F6N2O. The third kappa shape index (κ3) is 4.62. The van der Waals surface area contributed by atoms with Crippen molar-refractivity contribution in [1.82, 2.24) is 10.3 Å². The van der Waals surface area contributed by atoms with E-state index in [2.05, 4.69) is 10.3 Å². The number of halogens is 8. The summed E-state index contributed by atoms with van der Waals surface area (Å²) in [5.41, 5.74) is -3.47. The van der Waals surface area contributed by atoms with E-state index in [0.29, 0.717) is 6.07 Å². The molecule has 1 aromatic carbocycles. The molecule has 1 saturated carbocycles. The Kier molecular flexibility index (Phi) is 6.23. The number of benzene rings is 1. The van der Waals surface area contributed by atoms with Crippen LogP contribution in [0.5, 0.6) is 0 Å². The third-order valence-electron chi connectivity index (χ3n) is 5.32. The van der Waals surface area contributed by atoms with Crippen LogP contribution in [0, 0.1) is 5.41 Å². The van der Waals surface area contributed by atoms with E-state index >= 15 is 0 Å². The second-order valence-electron chi connectivity index (χ2n) is 7.36. The molecule has 168 valence electrons. The Morgan fingerprint density at radius 2 is 1.68 bits per heavy atom. The normalized spacial score (nSPS) is 18.7. The van der Waals surface area contributed by atoms with Gasteiger partial charge >= 0.3 is 12.4 Å². The Hall–Kier alpha value is -2.00. The Morgan fingerprint density at radius 3 is 2.13 bits per heavy atom. The molecule has 2 unspecified atom stereocenters. The van der Waals surface area contributed by atoms with Crippen LogP contribution in [-0.4, -0.2) is 29.0 Å². The van der Waals surface area contributed by atoms with Gasteiger partial charge in [0.05, 0.1) is 10.8 Å². The molecule has 0 saturated heterocycles. The molecule has 1 aromatic heterocycles. The van der Waals surface area contributed by atoms with Crippen molar-refractivity contribution in [3.8, 4) is 0 Å². The van der Waals surface area contributed by atoms with Gasteiger partial charge in [-0.15, -0.1) is 23.2 Å². The van der Waals surface area contributed by atoms with Crippen LogP contribution in [-0.2, 0) is 11.1 Å². The Morgan fingerprint density at radius 1 is 1.06 bits per heavy atom. The fourth-order valence-corrected chi connectivity index (χ4v) is 4.23. The topological polar surface area (TPSA) is 42.0 Å². The summed E-state index contributed by atoms with van der Waals surface area (Å²) in [6, 6.07) is 9.38. The molecule has 3 rings (SSSR count). The Labute approximate surface area is 183 Å². The second-order valence-corrected chi connectivity index (χ2v) is 8.47. The summed E-state index contributed by atoms with van der Waals surface area (Å²) >= 11 is 12.8. The summed E-state index contributed by atoms with van der Waals surface area (Å²) in [7, 11) is 0. The summed E-state index contributed by atoms with van der Waals surface area (Å²) in [6.07, 6.45) is -9.23. The standard InChI is InChI=1S/C20H16Cl2F6N2O/c21-16(17(8-9-17)20(26,27)28)18(22,11-30-15(31)12-4-2-1-3-5-12)13-6-7-14(29-10-13)19(23,24)25/h1-7,10,16H,8-9,11H2,(H,30,31). The first-order valence-electron chi connectivity index (χ1n) is 9.08. The lowest BCUT2D eigenvalue weighted by Crippen LogP contribution is -2.50. The van der Waals surface area contributed by atoms with Gasteiger partial charge in [0.2, 0.25) is 0 Å². The van der Waals surface area contributed by atoms with Crippen molar-refractivity contribution < 1.29 is 31.1 Å². The van der Waals surface area contributed by atoms with E-state index < -0.39 is 46.2 Å². The maximum Gasteiger partial charge on any atom is 0.433 e. The first-order chi connectivity index (χ1) is 14.3. The van der Waals surface area contributed by atoms with E-state index in [4.69, 9.17) is 23.2 Å². The van der Waals surface area contributed by atoms with Gasteiger partial charge < -0.3 is 5.32 Å². The van der Waals surface area contributed by atoms with E-state index in [1.165, 1.54) is 12.1 Å². The van der Waals surface area contributed by atoms with Crippen LogP contribution in [0.3, 0.4) is 0 Å². The smallest absolute Gasteiger partial charge is 0.350 e. The number of hydrogen-bond donors (Lipinski definition) is 1. The highest BCUT2D eigenvalue weighted by molar-refractivity contribution is 6.33. The summed E-state index contributed by atoms with van der Waals surface area (Å²) in [6.45, 7) is -0.554. The highest BCUT2D eigenvalue weighted by atomic mass is 35.5. The number of amides is 1. The fraction of sp³-hybridized carbons (Fsp3) is 0.400. The van der Waals surface area contributed by atoms with Gasteiger partial charge in [0, 0.05) is 18.3 Å². The molecule has 2 atom stereocenters. The zero-order chi connectivity index (χ0) is 23.1. The van der Waals surface area contributed by atoms with Crippen molar-refractivity contribution in [2.24, 2.45) is 5.41 Å². The monoisotopic (exact) mass is 484 g/mol. The van der Waals surface area contributed by atoms with Crippen molar-refractivity contribution in [1.29, 1.82) is 0 Å². The summed E-state index contributed by atoms with van der Waals surface area (Å²) in [5.74, 6) is -0.619. The molecule has 11 heteroatoms. The van der Waals surface area contributed by atoms with E-state index in [1.807, 2.05) is 0 Å². The molecule has 1 aliphatic carbocycles. The minimum absolute atomic E-state index is 0.161. The van der Waals surface area contributed by atoms with E-state index in [-0.39, 0.29) is 24.0 Å². The summed E-state index contributed by atoms with van der Waals surface area (Å²) in [4.78, 5) is 13.6. The lowest BCUT2D eigenvalue weighted by Gasteiger charge is -2.38. The number of carbonyl (C=O) groups excluding carboxylic acids is 1. The van der Waals surface area contributed by atoms with Gasteiger partial charge in [-0.2, -0.15) is 26.3 Å². The number of alkyl halides is 8. The Balaban J connectivity index is 1.95. The van der Waals surface area contributed by atoms with Crippen molar-refractivity contribution in [3.63, 3.8) is 0 Å². The first-order valence-corrected chi connectivity index (χ1v) is 9.89. The first kappa shape index (κ1) is 23.7. The van der Waals surface area contributed by atoms with E-state index in [9.17, 15) is 31.1 Å². The van der Waals surface area contributed by atoms with Gasteiger partial charge in [0.15, 0.2) is 0 Å². The van der Waals surface area contributed by atoms with Crippen LogP contribution >= 0.6 is 23.2 Å². The summed E-state index contributed by atoms with van der Waals surface area (Å²) < 4.78 is 79.6. The quantitative estimate of drug-likeness (QED) is 0.408. The van der Waals surface area contributed by atoms with Gasteiger partial charge in [-0.25, -0.2) is 0 Å². The van der Waals surface area contributed by atoms with Crippen LogP contribution in [0.1, 0.15) is 34.5 Å². The second kappa shape index (κ2) is 8.16. The molecule has 1 amide bonds. The molecule has 1 heterocycles.